The summed E-state index contributed by atoms with van der Waals surface area (Å²) in [5, 5.41) is 0. The molecular formula is C12H25NaO4S. The van der Waals surface area contributed by atoms with Gasteiger partial charge in [-0.15, -0.1) is 0 Å². The van der Waals surface area contributed by atoms with Gasteiger partial charge in [0.25, 0.3) is 0 Å². The summed E-state index contributed by atoms with van der Waals surface area (Å²) in [6.45, 7) is 2.80. The Morgan fingerprint density at radius 3 is 1.89 bits per heavy atom. The molecule has 0 fully saturated rings. The molecule has 0 aromatic heterocycles. The molecule has 0 aliphatic heterocycles. The maximum atomic E-state index is 10.3. The molecule has 0 saturated heterocycles. The maximum absolute atomic E-state index is 10.3. The van der Waals surface area contributed by atoms with Gasteiger partial charge in [0.2, 0.25) is 0 Å². The van der Waals surface area contributed by atoms with Crippen LogP contribution in [0.1, 0.15) is 58.3 Å². The average molecular weight is 288 g/mol. The molecule has 6 heteroatoms. The summed E-state index contributed by atoms with van der Waals surface area (Å²) in [4.78, 5) is 0. The van der Waals surface area contributed by atoms with Crippen molar-refractivity contribution in [1.82, 2.24) is 0 Å². The summed E-state index contributed by atoms with van der Waals surface area (Å²) in [7, 11) is -4.11. The van der Waals surface area contributed by atoms with Crippen molar-refractivity contribution >= 4 is 10.1 Å². The molecule has 0 aliphatic rings. The van der Waals surface area contributed by atoms with Crippen LogP contribution in [-0.2, 0) is 14.9 Å². The van der Waals surface area contributed by atoms with E-state index in [4.69, 9.17) is 4.74 Å². The second-order valence-electron chi connectivity index (χ2n) is 4.35. The minimum absolute atomic E-state index is 0. The van der Waals surface area contributed by atoms with E-state index in [0.29, 0.717) is 6.61 Å². The van der Waals surface area contributed by atoms with E-state index < -0.39 is 15.9 Å². The maximum Gasteiger partial charge on any atom is 1.00 e. The molecule has 0 saturated carbocycles. The van der Waals surface area contributed by atoms with Crippen LogP contribution in [0, 0.1) is 0 Å². The SMILES string of the molecule is CCCCCCCCCCOCCS(=O)(=O)[O-].[Na+]. The van der Waals surface area contributed by atoms with Crippen LogP contribution < -0.4 is 29.6 Å². The van der Waals surface area contributed by atoms with Gasteiger partial charge in [-0.3, -0.25) is 0 Å². The number of ether oxygens (including phenoxy) is 1. The smallest absolute Gasteiger partial charge is 0.748 e. The van der Waals surface area contributed by atoms with Crippen LogP contribution in [0.3, 0.4) is 0 Å². The Hall–Kier alpha value is 0.870. The molecule has 0 amide bonds. The molecule has 0 aromatic rings. The van der Waals surface area contributed by atoms with E-state index in [0.717, 1.165) is 12.8 Å². The Morgan fingerprint density at radius 2 is 1.39 bits per heavy atom. The normalized spacial score (nSPS) is 11.2. The van der Waals surface area contributed by atoms with Gasteiger partial charge in [0.05, 0.1) is 22.5 Å². The van der Waals surface area contributed by atoms with Crippen LogP contribution in [0.25, 0.3) is 0 Å². The van der Waals surface area contributed by atoms with Crippen LogP contribution >= 0.6 is 0 Å². The summed E-state index contributed by atoms with van der Waals surface area (Å²) < 4.78 is 35.8. The van der Waals surface area contributed by atoms with Crippen molar-refractivity contribution in [2.75, 3.05) is 19.0 Å². The molecule has 0 unspecified atom stereocenters. The van der Waals surface area contributed by atoms with E-state index in [1.54, 1.807) is 0 Å². The second kappa shape index (κ2) is 14.3. The van der Waals surface area contributed by atoms with Crippen molar-refractivity contribution in [3.05, 3.63) is 0 Å². The van der Waals surface area contributed by atoms with Gasteiger partial charge in [-0.1, -0.05) is 51.9 Å². The Morgan fingerprint density at radius 1 is 0.889 bits per heavy atom. The summed E-state index contributed by atoms with van der Waals surface area (Å²) in [5.41, 5.74) is 0. The molecule has 0 spiro atoms. The number of rotatable bonds is 12. The van der Waals surface area contributed by atoms with Gasteiger partial charge in [0.15, 0.2) is 0 Å². The molecule has 4 nitrogen and oxygen atoms in total. The van der Waals surface area contributed by atoms with Gasteiger partial charge in [-0.05, 0) is 6.42 Å². The van der Waals surface area contributed by atoms with Gasteiger partial charge in [0.1, 0.15) is 0 Å². The summed E-state index contributed by atoms with van der Waals surface area (Å²) in [6.07, 6.45) is 9.80. The molecule has 0 aromatic carbocycles. The largest absolute Gasteiger partial charge is 1.00 e. The van der Waals surface area contributed by atoms with Crippen LogP contribution in [0.5, 0.6) is 0 Å². The first-order valence-electron chi connectivity index (χ1n) is 6.57. The fourth-order valence-electron chi connectivity index (χ4n) is 1.60. The van der Waals surface area contributed by atoms with Gasteiger partial charge in [-0.2, -0.15) is 0 Å². The number of unbranched alkanes of at least 4 members (excludes halogenated alkanes) is 7. The van der Waals surface area contributed by atoms with Gasteiger partial charge in [-0.25, -0.2) is 8.42 Å². The van der Waals surface area contributed by atoms with Crippen molar-refractivity contribution in [1.29, 1.82) is 0 Å². The first-order chi connectivity index (χ1) is 8.06. The Kier molecular flexibility index (Phi) is 16.8. The molecular weight excluding hydrogens is 263 g/mol. The second-order valence-corrected chi connectivity index (χ2v) is 5.87. The average Bonchev–Trinajstić information content (AvgIpc) is 2.24. The Bertz CT molecular complexity index is 255. The van der Waals surface area contributed by atoms with E-state index in [2.05, 4.69) is 6.92 Å². The quantitative estimate of drug-likeness (QED) is 0.281. The Balaban J connectivity index is 0. The van der Waals surface area contributed by atoms with Gasteiger partial charge >= 0.3 is 29.6 Å². The van der Waals surface area contributed by atoms with Crippen LogP contribution in [0.15, 0.2) is 0 Å². The van der Waals surface area contributed by atoms with E-state index in [1.807, 2.05) is 0 Å². The van der Waals surface area contributed by atoms with Crippen molar-refractivity contribution in [2.45, 2.75) is 58.3 Å². The first kappa shape index (κ1) is 21.2. The van der Waals surface area contributed by atoms with Crippen molar-refractivity contribution in [2.24, 2.45) is 0 Å². The minimum atomic E-state index is -4.11. The topological polar surface area (TPSA) is 66.4 Å². The van der Waals surface area contributed by atoms with E-state index in [-0.39, 0.29) is 36.2 Å². The van der Waals surface area contributed by atoms with Crippen molar-refractivity contribution in [3.63, 3.8) is 0 Å². The van der Waals surface area contributed by atoms with Crippen LogP contribution in [0.2, 0.25) is 0 Å². The van der Waals surface area contributed by atoms with Gasteiger partial charge < -0.3 is 9.29 Å². The standard InChI is InChI=1S/C12H26O4S.Na/c1-2-3-4-5-6-7-8-9-10-16-11-12-17(13,14)15;/h2-12H2,1H3,(H,13,14,15);/q;+1/p-1. The molecule has 0 atom stereocenters. The molecule has 18 heavy (non-hydrogen) atoms. The minimum Gasteiger partial charge on any atom is -0.748 e. The molecule has 0 radical (unpaired) electrons. The number of hydrogen-bond donors (Lipinski definition) is 0. The van der Waals surface area contributed by atoms with Crippen molar-refractivity contribution < 1.29 is 47.3 Å². The molecule has 0 aliphatic carbocycles. The summed E-state index contributed by atoms with van der Waals surface area (Å²) in [5.74, 6) is -0.413. The van der Waals surface area contributed by atoms with Crippen molar-refractivity contribution in [3.8, 4) is 0 Å². The molecule has 0 N–H and O–H groups in total. The molecule has 0 rings (SSSR count). The van der Waals surface area contributed by atoms with E-state index in [9.17, 15) is 13.0 Å². The molecule has 0 heterocycles. The Labute approximate surface area is 134 Å². The predicted octanol–water partition coefficient (Wildman–Crippen LogP) is -0.307. The third kappa shape index (κ3) is 19.2. The van der Waals surface area contributed by atoms with E-state index >= 15 is 0 Å². The van der Waals surface area contributed by atoms with E-state index in [1.165, 1.54) is 38.5 Å². The monoisotopic (exact) mass is 288 g/mol. The van der Waals surface area contributed by atoms with Crippen LogP contribution in [0.4, 0.5) is 0 Å². The molecule has 104 valence electrons. The zero-order chi connectivity index (χ0) is 13.0. The zero-order valence-corrected chi connectivity index (χ0v) is 14.6. The predicted molar refractivity (Wildman–Crippen MR) is 68.0 cm³/mol. The zero-order valence-electron chi connectivity index (χ0n) is 11.8. The fraction of sp³-hybridized carbons (Fsp3) is 1.00. The third-order valence-corrected chi connectivity index (χ3v) is 3.29. The molecule has 0 bridgehead atoms. The fourth-order valence-corrected chi connectivity index (χ4v) is 1.92. The number of hydrogen-bond acceptors (Lipinski definition) is 4. The first-order valence-corrected chi connectivity index (χ1v) is 8.15. The third-order valence-electron chi connectivity index (χ3n) is 2.62. The van der Waals surface area contributed by atoms with Gasteiger partial charge in [0, 0.05) is 6.61 Å². The summed E-state index contributed by atoms with van der Waals surface area (Å²) in [6, 6.07) is 0. The van der Waals surface area contributed by atoms with Crippen LogP contribution in [-0.4, -0.2) is 31.9 Å². The summed E-state index contributed by atoms with van der Waals surface area (Å²) >= 11 is 0.